The monoisotopic (exact) mass is 225 g/mol. The van der Waals surface area contributed by atoms with Gasteiger partial charge in [-0.1, -0.05) is 13.3 Å². The summed E-state index contributed by atoms with van der Waals surface area (Å²) in [5, 5.41) is 3.37. The van der Waals surface area contributed by atoms with E-state index < -0.39 is 11.6 Å². The first-order valence-corrected chi connectivity index (χ1v) is 5.83. The molecule has 16 heavy (non-hydrogen) atoms. The summed E-state index contributed by atoms with van der Waals surface area (Å²) in [4.78, 5) is 0. The Bertz CT molecular complexity index is 345. The van der Waals surface area contributed by atoms with Crippen molar-refractivity contribution in [2.24, 2.45) is 5.92 Å². The van der Waals surface area contributed by atoms with Gasteiger partial charge >= 0.3 is 0 Å². The number of halogens is 2. The van der Waals surface area contributed by atoms with E-state index in [0.717, 1.165) is 6.07 Å². The van der Waals surface area contributed by atoms with Gasteiger partial charge in [0.1, 0.15) is 11.6 Å². The van der Waals surface area contributed by atoms with Crippen LogP contribution in [0.1, 0.15) is 31.7 Å². The third-order valence-electron chi connectivity index (χ3n) is 3.35. The van der Waals surface area contributed by atoms with Crippen LogP contribution < -0.4 is 5.32 Å². The maximum absolute atomic E-state index is 12.9. The number of benzene rings is 1. The molecule has 1 N–H and O–H groups in total. The van der Waals surface area contributed by atoms with Crippen LogP contribution in [-0.2, 0) is 6.54 Å². The molecule has 0 aliphatic heterocycles. The first kappa shape index (κ1) is 11.5. The van der Waals surface area contributed by atoms with Crippen molar-refractivity contribution in [3.05, 3.63) is 35.4 Å². The zero-order chi connectivity index (χ0) is 11.5. The molecule has 1 nitrogen and oxygen atoms in total. The van der Waals surface area contributed by atoms with Crippen LogP contribution in [0.3, 0.4) is 0 Å². The number of rotatable bonds is 3. The Labute approximate surface area is 94.9 Å². The molecule has 1 saturated carbocycles. The Kier molecular flexibility index (Phi) is 3.54. The topological polar surface area (TPSA) is 12.0 Å². The lowest BCUT2D eigenvalue weighted by Gasteiger charge is -2.17. The molecule has 0 heterocycles. The number of hydrogen-bond donors (Lipinski definition) is 1. The van der Waals surface area contributed by atoms with E-state index >= 15 is 0 Å². The highest BCUT2D eigenvalue weighted by Crippen LogP contribution is 2.25. The van der Waals surface area contributed by atoms with E-state index in [2.05, 4.69) is 12.2 Å². The molecule has 88 valence electrons. The highest BCUT2D eigenvalue weighted by molar-refractivity contribution is 5.17. The minimum atomic E-state index is -0.503. The highest BCUT2D eigenvalue weighted by Gasteiger charge is 2.22. The second-order valence-corrected chi connectivity index (χ2v) is 4.67. The average Bonchev–Trinajstić information content (AvgIpc) is 2.59. The summed E-state index contributed by atoms with van der Waals surface area (Å²) >= 11 is 0. The average molecular weight is 225 g/mol. The normalized spacial score (nSPS) is 24.9. The van der Waals surface area contributed by atoms with Crippen molar-refractivity contribution >= 4 is 0 Å². The third kappa shape index (κ3) is 2.79. The van der Waals surface area contributed by atoms with Crippen LogP contribution in [0.2, 0.25) is 0 Å². The van der Waals surface area contributed by atoms with Crippen molar-refractivity contribution in [1.29, 1.82) is 0 Å². The Morgan fingerprint density at radius 1 is 1.19 bits per heavy atom. The second kappa shape index (κ2) is 4.91. The maximum Gasteiger partial charge on any atom is 0.126 e. The van der Waals surface area contributed by atoms with Crippen molar-refractivity contribution in [3.63, 3.8) is 0 Å². The van der Waals surface area contributed by atoms with Crippen LogP contribution in [-0.4, -0.2) is 6.04 Å². The molecule has 0 bridgehead atoms. The zero-order valence-electron chi connectivity index (χ0n) is 9.47. The van der Waals surface area contributed by atoms with Crippen molar-refractivity contribution in [2.45, 2.75) is 38.8 Å². The lowest BCUT2D eigenvalue weighted by atomic mass is 10.1. The SMILES string of the molecule is CC1CCCC1NCc1cc(F)cc(F)c1. The van der Waals surface area contributed by atoms with Gasteiger partial charge in [-0.3, -0.25) is 0 Å². The van der Waals surface area contributed by atoms with E-state index in [1.165, 1.54) is 31.4 Å². The zero-order valence-corrected chi connectivity index (χ0v) is 9.47. The molecular formula is C13H17F2N. The first-order valence-electron chi connectivity index (χ1n) is 5.83. The van der Waals surface area contributed by atoms with Gasteiger partial charge in [-0.05, 0) is 36.5 Å². The van der Waals surface area contributed by atoms with E-state index in [4.69, 9.17) is 0 Å². The summed E-state index contributed by atoms with van der Waals surface area (Å²) in [7, 11) is 0. The molecule has 1 fully saturated rings. The van der Waals surface area contributed by atoms with Gasteiger partial charge in [0, 0.05) is 18.7 Å². The Morgan fingerprint density at radius 2 is 1.88 bits per heavy atom. The number of hydrogen-bond acceptors (Lipinski definition) is 1. The van der Waals surface area contributed by atoms with Gasteiger partial charge in [0.25, 0.3) is 0 Å². The van der Waals surface area contributed by atoms with E-state index in [-0.39, 0.29) is 0 Å². The summed E-state index contributed by atoms with van der Waals surface area (Å²) in [6, 6.07) is 4.17. The quantitative estimate of drug-likeness (QED) is 0.832. The van der Waals surface area contributed by atoms with E-state index in [1.807, 2.05) is 0 Å². The molecule has 1 aromatic carbocycles. The minimum Gasteiger partial charge on any atom is -0.310 e. The predicted octanol–water partition coefficient (Wildman–Crippen LogP) is 3.24. The lowest BCUT2D eigenvalue weighted by molar-refractivity contribution is 0.425. The fraction of sp³-hybridized carbons (Fsp3) is 0.538. The first-order chi connectivity index (χ1) is 7.65. The molecule has 3 heteroatoms. The smallest absolute Gasteiger partial charge is 0.126 e. The highest BCUT2D eigenvalue weighted by atomic mass is 19.1. The third-order valence-corrected chi connectivity index (χ3v) is 3.35. The van der Waals surface area contributed by atoms with Crippen molar-refractivity contribution < 1.29 is 8.78 Å². The standard InChI is InChI=1S/C13H17F2N/c1-9-3-2-4-13(9)16-8-10-5-11(14)7-12(15)6-10/h5-7,9,13,16H,2-4,8H2,1H3. The number of nitrogens with one attached hydrogen (secondary N) is 1. The summed E-state index contributed by atoms with van der Waals surface area (Å²) < 4.78 is 25.9. The second-order valence-electron chi connectivity index (χ2n) is 4.67. The largest absolute Gasteiger partial charge is 0.310 e. The molecule has 0 radical (unpaired) electrons. The fourth-order valence-electron chi connectivity index (χ4n) is 2.41. The molecule has 1 aliphatic rings. The minimum absolute atomic E-state index is 0.492. The molecule has 0 amide bonds. The van der Waals surface area contributed by atoms with E-state index in [9.17, 15) is 8.78 Å². The van der Waals surface area contributed by atoms with Crippen LogP contribution in [0.15, 0.2) is 18.2 Å². The van der Waals surface area contributed by atoms with Gasteiger partial charge in [0.15, 0.2) is 0 Å². The Balaban J connectivity index is 1.94. The van der Waals surface area contributed by atoms with Gasteiger partial charge in [0.2, 0.25) is 0 Å². The van der Waals surface area contributed by atoms with Gasteiger partial charge in [-0.15, -0.1) is 0 Å². The molecule has 0 spiro atoms. The molecular weight excluding hydrogens is 208 g/mol. The fourth-order valence-corrected chi connectivity index (χ4v) is 2.41. The molecule has 0 saturated heterocycles. The van der Waals surface area contributed by atoms with Gasteiger partial charge < -0.3 is 5.32 Å². The van der Waals surface area contributed by atoms with Gasteiger partial charge in [-0.25, -0.2) is 8.78 Å². The van der Waals surface area contributed by atoms with Gasteiger partial charge in [0.05, 0.1) is 0 Å². The van der Waals surface area contributed by atoms with Crippen LogP contribution >= 0.6 is 0 Å². The summed E-state index contributed by atoms with van der Waals surface area (Å²) in [5.41, 5.74) is 0.677. The molecule has 2 atom stereocenters. The van der Waals surface area contributed by atoms with E-state index in [1.54, 1.807) is 0 Å². The maximum atomic E-state index is 12.9. The summed E-state index contributed by atoms with van der Waals surface area (Å²) in [6.07, 6.45) is 3.66. The molecule has 1 aromatic rings. The van der Waals surface area contributed by atoms with Gasteiger partial charge in [-0.2, -0.15) is 0 Å². The summed E-state index contributed by atoms with van der Waals surface area (Å²) in [6.45, 7) is 2.76. The van der Waals surface area contributed by atoms with Crippen molar-refractivity contribution in [2.75, 3.05) is 0 Å². The molecule has 0 aromatic heterocycles. The lowest BCUT2D eigenvalue weighted by Crippen LogP contribution is -2.30. The van der Waals surface area contributed by atoms with Crippen LogP contribution in [0, 0.1) is 17.6 Å². The summed E-state index contributed by atoms with van der Waals surface area (Å²) in [5.74, 6) is -0.342. The van der Waals surface area contributed by atoms with E-state index in [0.29, 0.717) is 24.1 Å². The molecule has 2 unspecified atom stereocenters. The molecule has 1 aliphatic carbocycles. The van der Waals surface area contributed by atoms with Crippen LogP contribution in [0.5, 0.6) is 0 Å². The van der Waals surface area contributed by atoms with Crippen molar-refractivity contribution in [1.82, 2.24) is 5.32 Å². The van der Waals surface area contributed by atoms with Crippen LogP contribution in [0.25, 0.3) is 0 Å². The predicted molar refractivity (Wildman–Crippen MR) is 60.0 cm³/mol. The van der Waals surface area contributed by atoms with Crippen molar-refractivity contribution in [3.8, 4) is 0 Å². The Hall–Kier alpha value is -0.960. The molecule has 2 rings (SSSR count). The Morgan fingerprint density at radius 3 is 2.44 bits per heavy atom. The van der Waals surface area contributed by atoms with Crippen LogP contribution in [0.4, 0.5) is 8.78 Å².